The van der Waals surface area contributed by atoms with Crippen molar-refractivity contribution in [1.82, 2.24) is 35.1 Å². The van der Waals surface area contributed by atoms with Crippen molar-refractivity contribution in [3.05, 3.63) is 12.2 Å². The van der Waals surface area contributed by atoms with Crippen molar-refractivity contribution < 1.29 is 34.1 Å². The highest BCUT2D eigenvalue weighted by molar-refractivity contribution is 5.83. The Morgan fingerprint density at radius 3 is 2.68 bits per heavy atom. The van der Waals surface area contributed by atoms with E-state index in [0.717, 1.165) is 0 Å². The third-order valence-electron chi connectivity index (χ3n) is 7.16. The molecule has 0 aromatic carbocycles. The van der Waals surface area contributed by atoms with Gasteiger partial charge in [-0.3, -0.25) is 14.2 Å². The number of aromatic nitrogens is 4. The Morgan fingerprint density at radius 2 is 2.00 bits per heavy atom. The Morgan fingerprint density at radius 1 is 1.24 bits per heavy atom. The Bertz CT molecular complexity index is 1210. The molecule has 15 nitrogen and oxygen atoms in total. The number of hydrogen-bond acceptors (Lipinski definition) is 11. The van der Waals surface area contributed by atoms with E-state index in [1.807, 2.05) is 0 Å². The summed E-state index contributed by atoms with van der Waals surface area (Å²) in [6, 6.07) is 0. The number of nitrogens with two attached hydrogens (primary N) is 1. The van der Waals surface area contributed by atoms with Crippen LogP contribution in [0.3, 0.4) is 0 Å². The summed E-state index contributed by atoms with van der Waals surface area (Å²) in [4.78, 5) is 50.9. The molecule has 3 saturated heterocycles. The maximum Gasteiger partial charge on any atom is 0.411 e. The second-order valence-corrected chi connectivity index (χ2v) is 9.79. The fourth-order valence-electron chi connectivity index (χ4n) is 5.09. The van der Waals surface area contributed by atoms with Gasteiger partial charge in [-0.25, -0.2) is 19.7 Å². The van der Waals surface area contributed by atoms with E-state index in [0.29, 0.717) is 68.7 Å². The van der Waals surface area contributed by atoms with Crippen molar-refractivity contribution in [3.63, 3.8) is 0 Å². The van der Waals surface area contributed by atoms with E-state index in [1.54, 1.807) is 11.8 Å². The lowest BCUT2D eigenvalue weighted by molar-refractivity contribution is -0.137. The highest BCUT2D eigenvalue weighted by atomic mass is 16.6. The van der Waals surface area contributed by atoms with Gasteiger partial charge >= 0.3 is 6.09 Å². The average Bonchev–Trinajstić information content (AvgIpc) is 3.57. The molecule has 5 heterocycles. The molecule has 15 heteroatoms. The lowest BCUT2D eigenvalue weighted by Crippen LogP contribution is -2.42. The Hall–Kier alpha value is -3.56. The number of imidazole rings is 1. The van der Waals surface area contributed by atoms with Gasteiger partial charge in [-0.15, -0.1) is 0 Å². The Kier molecular flexibility index (Phi) is 7.32. The van der Waals surface area contributed by atoms with E-state index in [-0.39, 0.29) is 17.6 Å². The number of likely N-dealkylation sites (tertiary alicyclic amines) is 1. The number of likely N-dealkylation sites (N-methyl/N-ethyl adjacent to an activating group) is 1. The number of aliphatic hydroxyl groups excluding tert-OH is 2. The minimum absolute atomic E-state index is 0.119. The van der Waals surface area contributed by atoms with Crippen molar-refractivity contribution >= 4 is 34.9 Å². The van der Waals surface area contributed by atoms with E-state index >= 15 is 0 Å². The van der Waals surface area contributed by atoms with Gasteiger partial charge in [0.1, 0.15) is 23.5 Å². The molecule has 0 radical (unpaired) electrons. The fourth-order valence-corrected chi connectivity index (χ4v) is 5.09. The molecule has 0 bridgehead atoms. The number of carbonyl (C=O) groups is 3. The van der Waals surface area contributed by atoms with Gasteiger partial charge in [-0.2, -0.15) is 0 Å². The van der Waals surface area contributed by atoms with Gasteiger partial charge < -0.3 is 41.0 Å². The molecule has 0 saturated carbocycles. The number of aliphatic hydroxyl groups is 2. The number of nitrogen functional groups attached to an aromatic ring is 1. The number of anilines is 1. The number of nitrogens with one attached hydrogen (secondary N) is 2. The number of amides is 3. The van der Waals surface area contributed by atoms with Crippen molar-refractivity contribution in [2.75, 3.05) is 25.4 Å². The summed E-state index contributed by atoms with van der Waals surface area (Å²) in [5.74, 6) is 0.183. The summed E-state index contributed by atoms with van der Waals surface area (Å²) in [5.41, 5.74) is 6.79. The molecule has 3 amide bonds. The number of nitrogens with zero attached hydrogens (tertiary/aromatic N) is 5. The molecule has 3 fully saturated rings. The molecule has 2 aromatic heterocycles. The van der Waals surface area contributed by atoms with Gasteiger partial charge in [0, 0.05) is 38.9 Å². The summed E-state index contributed by atoms with van der Waals surface area (Å²) in [5, 5.41) is 26.2. The van der Waals surface area contributed by atoms with Crippen LogP contribution in [0.2, 0.25) is 0 Å². The fraction of sp³-hybridized carbons (Fsp3) is 0.652. The molecule has 5 atom stereocenters. The molecule has 0 aliphatic carbocycles. The molecular formula is C23H32N8O7. The second kappa shape index (κ2) is 10.7. The standard InChI is InChI=1S/C23H32N8O7/c1-2-25-21(35)18-16(33)17(34)22(38-18)31-10-26-15-19(24)27-12(28-20(15)31)9-11-5-7-30(8-6-11)23(36)37-14-4-3-13(32)29-14/h10-11,14,16-18,22,33-34H,2-9H2,1H3,(H,25,35)(H,29,32)(H2,24,27,28)/t14?,16?,17?,18-,22+/m0/s1. The predicted octanol–water partition coefficient (Wildman–Crippen LogP) is -1.21. The van der Waals surface area contributed by atoms with Gasteiger partial charge in [0.2, 0.25) is 5.91 Å². The number of ether oxygens (including phenoxy) is 2. The average molecular weight is 533 g/mol. The van der Waals surface area contributed by atoms with Gasteiger partial charge in [0.25, 0.3) is 5.91 Å². The van der Waals surface area contributed by atoms with Gasteiger partial charge in [0.15, 0.2) is 30.0 Å². The van der Waals surface area contributed by atoms with Gasteiger partial charge in [-0.1, -0.05) is 0 Å². The summed E-state index contributed by atoms with van der Waals surface area (Å²) >= 11 is 0. The summed E-state index contributed by atoms with van der Waals surface area (Å²) < 4.78 is 12.5. The highest BCUT2D eigenvalue weighted by Crippen LogP contribution is 2.33. The van der Waals surface area contributed by atoms with Gasteiger partial charge in [0.05, 0.1) is 6.33 Å². The Balaban J connectivity index is 1.24. The zero-order chi connectivity index (χ0) is 27.0. The summed E-state index contributed by atoms with van der Waals surface area (Å²) in [6.45, 7) is 3.10. The lowest BCUT2D eigenvalue weighted by Gasteiger charge is -2.31. The number of carbonyl (C=O) groups excluding carboxylic acids is 3. The minimum Gasteiger partial charge on any atom is -0.425 e. The van der Waals surface area contributed by atoms with Crippen molar-refractivity contribution in [1.29, 1.82) is 0 Å². The lowest BCUT2D eigenvalue weighted by atomic mass is 9.93. The number of hydrogen-bond donors (Lipinski definition) is 5. The summed E-state index contributed by atoms with van der Waals surface area (Å²) in [6.07, 6.45) is -2.02. The molecule has 0 spiro atoms. The molecule has 3 unspecified atom stereocenters. The van der Waals surface area contributed by atoms with Crippen molar-refractivity contribution in [2.45, 2.75) is 69.8 Å². The van der Waals surface area contributed by atoms with Crippen LogP contribution in [0.4, 0.5) is 10.6 Å². The van der Waals surface area contributed by atoms with E-state index in [4.69, 9.17) is 15.2 Å². The Labute approximate surface area is 217 Å². The van der Waals surface area contributed by atoms with Crippen LogP contribution < -0.4 is 16.4 Å². The zero-order valence-electron chi connectivity index (χ0n) is 20.9. The maximum atomic E-state index is 12.4. The topological polar surface area (TPSA) is 207 Å². The molecule has 206 valence electrons. The van der Waals surface area contributed by atoms with Crippen molar-refractivity contribution in [2.24, 2.45) is 5.92 Å². The molecule has 5 rings (SSSR count). The number of rotatable bonds is 6. The molecule has 6 N–H and O–H groups in total. The second-order valence-electron chi connectivity index (χ2n) is 9.79. The van der Waals surface area contributed by atoms with Crippen LogP contribution >= 0.6 is 0 Å². The molecule has 3 aliphatic heterocycles. The SMILES string of the molecule is CCNC(=O)[C@H]1O[C@@H](n2cnc3c(N)nc(CC4CCN(C(=O)OC5CCC(=O)N5)CC4)nc32)C(O)C1O. The van der Waals surface area contributed by atoms with Crippen LogP contribution in [0.25, 0.3) is 11.2 Å². The molecular weight excluding hydrogens is 500 g/mol. The normalized spacial score (nSPS) is 28.0. The third-order valence-corrected chi connectivity index (χ3v) is 7.16. The maximum absolute atomic E-state index is 12.4. The zero-order valence-corrected chi connectivity index (χ0v) is 20.9. The van der Waals surface area contributed by atoms with E-state index in [2.05, 4.69) is 25.6 Å². The molecule has 3 aliphatic rings. The largest absolute Gasteiger partial charge is 0.425 e. The highest BCUT2D eigenvalue weighted by Gasteiger charge is 2.47. The van der Waals surface area contributed by atoms with Crippen LogP contribution in [-0.2, 0) is 25.5 Å². The first-order valence-corrected chi connectivity index (χ1v) is 12.8. The smallest absolute Gasteiger partial charge is 0.411 e. The van der Waals surface area contributed by atoms with Crippen LogP contribution in [-0.4, -0.2) is 96.7 Å². The quantitative estimate of drug-likeness (QED) is 0.298. The van der Waals surface area contributed by atoms with Crippen molar-refractivity contribution in [3.8, 4) is 0 Å². The van der Waals surface area contributed by atoms with Crippen LogP contribution in [0, 0.1) is 5.92 Å². The predicted molar refractivity (Wildman–Crippen MR) is 130 cm³/mol. The third kappa shape index (κ3) is 5.08. The molecule has 2 aromatic rings. The monoisotopic (exact) mass is 532 g/mol. The first kappa shape index (κ1) is 26.1. The first-order valence-electron chi connectivity index (χ1n) is 12.8. The number of piperidine rings is 1. The van der Waals surface area contributed by atoms with Crippen LogP contribution in [0.15, 0.2) is 6.33 Å². The van der Waals surface area contributed by atoms with Gasteiger partial charge in [-0.05, 0) is 25.7 Å². The first-order chi connectivity index (χ1) is 18.2. The van der Waals surface area contributed by atoms with E-state index in [9.17, 15) is 24.6 Å². The summed E-state index contributed by atoms with van der Waals surface area (Å²) in [7, 11) is 0. The van der Waals surface area contributed by atoms with Crippen LogP contribution in [0.5, 0.6) is 0 Å². The number of fused-ring (bicyclic) bond motifs is 1. The minimum atomic E-state index is -1.43. The molecule has 38 heavy (non-hydrogen) atoms. The van der Waals surface area contributed by atoms with E-state index in [1.165, 1.54) is 10.9 Å². The van der Waals surface area contributed by atoms with Crippen LogP contribution in [0.1, 0.15) is 44.7 Å². The van der Waals surface area contributed by atoms with E-state index < -0.39 is 42.8 Å².